The molecule has 1 aliphatic heterocycles. The van der Waals surface area contributed by atoms with Crippen molar-refractivity contribution in [3.05, 3.63) is 67.8 Å². The molecule has 0 unspecified atom stereocenters. The SMILES string of the molecule is Cc1cc(Cl)ccc1NC1=C(Cl)C(=O)N(c2cc(Cl)cc(Cl)c2)C1=O. The van der Waals surface area contributed by atoms with Gasteiger partial charge in [0.25, 0.3) is 11.8 Å². The number of anilines is 2. The Bertz CT molecular complexity index is 920. The molecule has 0 saturated heterocycles. The number of nitrogens with zero attached hydrogens (tertiary/aromatic N) is 1. The Labute approximate surface area is 163 Å². The molecule has 2 aromatic carbocycles. The van der Waals surface area contributed by atoms with E-state index < -0.39 is 11.8 Å². The molecule has 25 heavy (non-hydrogen) atoms. The van der Waals surface area contributed by atoms with Crippen molar-refractivity contribution in [2.45, 2.75) is 6.92 Å². The third-order valence-corrected chi connectivity index (χ3v) is 4.60. The minimum Gasteiger partial charge on any atom is -0.349 e. The van der Waals surface area contributed by atoms with Crippen molar-refractivity contribution in [3.8, 4) is 0 Å². The maximum atomic E-state index is 12.7. The molecule has 0 atom stereocenters. The molecule has 0 radical (unpaired) electrons. The van der Waals surface area contributed by atoms with Gasteiger partial charge in [0.15, 0.2) is 0 Å². The van der Waals surface area contributed by atoms with Crippen LogP contribution in [-0.2, 0) is 9.59 Å². The van der Waals surface area contributed by atoms with E-state index in [9.17, 15) is 9.59 Å². The molecule has 1 aliphatic rings. The lowest BCUT2D eigenvalue weighted by atomic mass is 10.2. The van der Waals surface area contributed by atoms with E-state index in [1.165, 1.54) is 18.2 Å². The van der Waals surface area contributed by atoms with Crippen LogP contribution in [0.1, 0.15) is 5.56 Å². The van der Waals surface area contributed by atoms with Crippen LogP contribution in [0, 0.1) is 6.92 Å². The molecule has 8 heteroatoms. The number of carbonyl (C=O) groups excluding carboxylic acids is 2. The number of benzene rings is 2. The minimum absolute atomic E-state index is 0.0202. The van der Waals surface area contributed by atoms with Gasteiger partial charge in [-0.2, -0.15) is 0 Å². The third kappa shape index (κ3) is 3.48. The van der Waals surface area contributed by atoms with Gasteiger partial charge in [0, 0.05) is 20.8 Å². The molecular formula is C17H10Cl4N2O2. The molecule has 4 nitrogen and oxygen atoms in total. The van der Waals surface area contributed by atoms with Crippen LogP contribution in [0.4, 0.5) is 11.4 Å². The first-order chi connectivity index (χ1) is 11.8. The lowest BCUT2D eigenvalue weighted by molar-refractivity contribution is -0.120. The van der Waals surface area contributed by atoms with Crippen LogP contribution in [0.15, 0.2) is 47.1 Å². The zero-order valence-electron chi connectivity index (χ0n) is 12.7. The molecule has 1 N–H and O–H groups in total. The second-order valence-electron chi connectivity index (χ2n) is 5.35. The zero-order valence-corrected chi connectivity index (χ0v) is 15.8. The van der Waals surface area contributed by atoms with E-state index in [0.717, 1.165) is 10.5 Å². The van der Waals surface area contributed by atoms with E-state index in [1.54, 1.807) is 18.2 Å². The lowest BCUT2D eigenvalue weighted by Gasteiger charge is -2.16. The molecule has 0 bridgehead atoms. The fourth-order valence-electron chi connectivity index (χ4n) is 2.42. The van der Waals surface area contributed by atoms with Gasteiger partial charge in [0.05, 0.1) is 5.69 Å². The number of halogens is 4. The summed E-state index contributed by atoms with van der Waals surface area (Å²) in [5.74, 6) is -1.25. The summed E-state index contributed by atoms with van der Waals surface area (Å²) in [5, 5.41) is 3.86. The standard InChI is InChI=1S/C17H10Cl4N2O2/c1-8-4-9(18)2-3-13(8)22-15-14(21)16(24)23(17(15)25)12-6-10(19)5-11(20)7-12/h2-7,22H,1H3. The van der Waals surface area contributed by atoms with Crippen molar-refractivity contribution in [3.63, 3.8) is 0 Å². The van der Waals surface area contributed by atoms with E-state index in [2.05, 4.69) is 5.32 Å². The molecular weight excluding hydrogens is 406 g/mol. The highest BCUT2D eigenvalue weighted by atomic mass is 35.5. The Morgan fingerprint density at radius 3 is 2.08 bits per heavy atom. The van der Waals surface area contributed by atoms with Gasteiger partial charge in [-0.3, -0.25) is 9.59 Å². The Hall–Kier alpha value is -1.72. The first-order valence-electron chi connectivity index (χ1n) is 7.06. The van der Waals surface area contributed by atoms with Gasteiger partial charge >= 0.3 is 0 Å². The number of hydrogen-bond acceptors (Lipinski definition) is 3. The Balaban J connectivity index is 1.96. The van der Waals surface area contributed by atoms with Gasteiger partial charge in [0.2, 0.25) is 0 Å². The third-order valence-electron chi connectivity index (χ3n) is 3.58. The summed E-state index contributed by atoms with van der Waals surface area (Å²) >= 11 is 23.9. The number of nitrogens with one attached hydrogen (secondary N) is 1. The number of carbonyl (C=O) groups is 2. The summed E-state index contributed by atoms with van der Waals surface area (Å²) in [7, 11) is 0. The highest BCUT2D eigenvalue weighted by molar-refractivity contribution is 6.53. The lowest BCUT2D eigenvalue weighted by Crippen LogP contribution is -2.32. The number of amides is 2. The molecule has 0 aromatic heterocycles. The van der Waals surface area contributed by atoms with Crippen molar-refractivity contribution < 1.29 is 9.59 Å². The topological polar surface area (TPSA) is 49.4 Å². The highest BCUT2D eigenvalue weighted by Crippen LogP contribution is 2.33. The maximum absolute atomic E-state index is 12.7. The molecule has 0 saturated carbocycles. The molecule has 2 amide bonds. The summed E-state index contributed by atoms with van der Waals surface area (Å²) in [6.07, 6.45) is 0. The van der Waals surface area contributed by atoms with Gasteiger partial charge in [0.1, 0.15) is 10.7 Å². The number of hydrogen-bond donors (Lipinski definition) is 1. The molecule has 0 fully saturated rings. The number of imide groups is 1. The Kier molecular flexibility index (Phi) is 4.98. The first kappa shape index (κ1) is 18.1. The van der Waals surface area contributed by atoms with Crippen LogP contribution in [0.2, 0.25) is 15.1 Å². The second-order valence-corrected chi connectivity index (χ2v) is 7.03. The van der Waals surface area contributed by atoms with Gasteiger partial charge in [-0.1, -0.05) is 46.4 Å². The van der Waals surface area contributed by atoms with Gasteiger partial charge in [-0.15, -0.1) is 0 Å². The van der Waals surface area contributed by atoms with Crippen LogP contribution < -0.4 is 10.2 Å². The fourth-order valence-corrected chi connectivity index (χ4v) is 3.37. The molecule has 1 heterocycles. The molecule has 0 spiro atoms. The average Bonchev–Trinajstić information content (AvgIpc) is 2.72. The summed E-state index contributed by atoms with van der Waals surface area (Å²) < 4.78 is 0. The number of aryl methyl sites for hydroxylation is 1. The first-order valence-corrected chi connectivity index (χ1v) is 8.57. The molecule has 3 rings (SSSR count). The zero-order chi connectivity index (χ0) is 18.3. The van der Waals surface area contributed by atoms with Crippen LogP contribution in [-0.4, -0.2) is 11.8 Å². The monoisotopic (exact) mass is 414 g/mol. The fraction of sp³-hybridized carbons (Fsp3) is 0.0588. The van der Waals surface area contributed by atoms with Crippen molar-refractivity contribution >= 4 is 69.6 Å². The normalized spacial score (nSPS) is 14.5. The average molecular weight is 416 g/mol. The Morgan fingerprint density at radius 2 is 1.48 bits per heavy atom. The highest BCUT2D eigenvalue weighted by Gasteiger charge is 2.39. The van der Waals surface area contributed by atoms with Crippen molar-refractivity contribution in [2.75, 3.05) is 10.2 Å². The van der Waals surface area contributed by atoms with E-state index in [1.807, 2.05) is 6.92 Å². The largest absolute Gasteiger partial charge is 0.349 e. The summed E-state index contributed by atoms with van der Waals surface area (Å²) in [6.45, 7) is 1.82. The van der Waals surface area contributed by atoms with Gasteiger partial charge < -0.3 is 5.32 Å². The van der Waals surface area contributed by atoms with Gasteiger partial charge in [-0.25, -0.2) is 4.90 Å². The number of rotatable bonds is 3. The predicted octanol–water partition coefficient (Wildman–Crippen LogP) is 5.39. The van der Waals surface area contributed by atoms with Crippen LogP contribution in [0.5, 0.6) is 0 Å². The van der Waals surface area contributed by atoms with E-state index in [-0.39, 0.29) is 16.4 Å². The van der Waals surface area contributed by atoms with E-state index in [4.69, 9.17) is 46.4 Å². The minimum atomic E-state index is -0.654. The van der Waals surface area contributed by atoms with Gasteiger partial charge in [-0.05, 0) is 48.9 Å². The molecule has 0 aliphatic carbocycles. The maximum Gasteiger partial charge on any atom is 0.283 e. The molecule has 2 aromatic rings. The quantitative estimate of drug-likeness (QED) is 0.683. The Morgan fingerprint density at radius 1 is 0.840 bits per heavy atom. The second kappa shape index (κ2) is 6.89. The van der Waals surface area contributed by atoms with Crippen molar-refractivity contribution in [2.24, 2.45) is 0 Å². The smallest absolute Gasteiger partial charge is 0.283 e. The van der Waals surface area contributed by atoms with Crippen molar-refractivity contribution in [1.29, 1.82) is 0 Å². The van der Waals surface area contributed by atoms with Crippen molar-refractivity contribution in [1.82, 2.24) is 0 Å². The summed E-state index contributed by atoms with van der Waals surface area (Å²) in [6, 6.07) is 9.53. The van der Waals surface area contributed by atoms with E-state index in [0.29, 0.717) is 20.8 Å². The van der Waals surface area contributed by atoms with Crippen LogP contribution in [0.25, 0.3) is 0 Å². The summed E-state index contributed by atoms with van der Waals surface area (Å²) in [5.41, 5.74) is 1.64. The predicted molar refractivity (Wildman–Crippen MR) is 102 cm³/mol. The van der Waals surface area contributed by atoms with Crippen LogP contribution in [0.3, 0.4) is 0 Å². The summed E-state index contributed by atoms with van der Waals surface area (Å²) in [4.78, 5) is 26.1. The van der Waals surface area contributed by atoms with Crippen LogP contribution >= 0.6 is 46.4 Å². The molecule has 128 valence electrons. The van der Waals surface area contributed by atoms with E-state index >= 15 is 0 Å².